The van der Waals surface area contributed by atoms with Crippen molar-refractivity contribution in [1.29, 1.82) is 0 Å². The Kier molecular flexibility index (Phi) is 3.69. The molecule has 1 aromatic rings. The van der Waals surface area contributed by atoms with Gasteiger partial charge in [0.15, 0.2) is 0 Å². The summed E-state index contributed by atoms with van der Waals surface area (Å²) >= 11 is 0. The highest BCUT2D eigenvalue weighted by atomic mass is 19.1. The first-order valence-electron chi connectivity index (χ1n) is 5.39. The van der Waals surface area contributed by atoms with Crippen molar-refractivity contribution < 1.29 is 9.13 Å². The van der Waals surface area contributed by atoms with Gasteiger partial charge in [0.2, 0.25) is 0 Å². The number of nitrogens with zero attached hydrogens (tertiary/aromatic N) is 1. The minimum Gasteiger partial charge on any atom is -0.379 e. The summed E-state index contributed by atoms with van der Waals surface area (Å²) in [6.07, 6.45) is 0.914. The number of halogens is 1. The van der Waals surface area contributed by atoms with E-state index in [0.29, 0.717) is 0 Å². The van der Waals surface area contributed by atoms with E-state index in [-0.39, 0.29) is 5.82 Å². The third-order valence-electron chi connectivity index (χ3n) is 2.71. The Morgan fingerprint density at radius 1 is 1.27 bits per heavy atom. The fraction of sp³-hybridized carbons (Fsp3) is 0.500. The van der Waals surface area contributed by atoms with Gasteiger partial charge in [0, 0.05) is 19.6 Å². The second-order valence-corrected chi connectivity index (χ2v) is 3.83. The molecule has 1 heterocycles. The summed E-state index contributed by atoms with van der Waals surface area (Å²) in [4.78, 5) is 2.36. The molecule has 0 amide bonds. The van der Waals surface area contributed by atoms with Gasteiger partial charge < -0.3 is 4.74 Å². The predicted molar refractivity (Wildman–Crippen MR) is 57.4 cm³/mol. The van der Waals surface area contributed by atoms with E-state index in [9.17, 15) is 4.39 Å². The van der Waals surface area contributed by atoms with Crippen LogP contribution < -0.4 is 0 Å². The van der Waals surface area contributed by atoms with E-state index in [1.54, 1.807) is 12.1 Å². The Balaban J connectivity index is 1.81. The average Bonchev–Trinajstić information content (AvgIpc) is 2.28. The first-order valence-corrected chi connectivity index (χ1v) is 5.39. The Bertz CT molecular complexity index is 310. The zero-order valence-corrected chi connectivity index (χ0v) is 8.79. The van der Waals surface area contributed by atoms with Crippen molar-refractivity contribution in [1.82, 2.24) is 4.90 Å². The molecule has 82 valence electrons. The fourth-order valence-electron chi connectivity index (χ4n) is 1.80. The van der Waals surface area contributed by atoms with E-state index in [1.807, 2.05) is 6.07 Å². The largest absolute Gasteiger partial charge is 0.379 e. The van der Waals surface area contributed by atoms with Crippen molar-refractivity contribution in [3.8, 4) is 0 Å². The van der Waals surface area contributed by atoms with Crippen LogP contribution >= 0.6 is 0 Å². The van der Waals surface area contributed by atoms with Gasteiger partial charge in [-0.25, -0.2) is 4.39 Å². The van der Waals surface area contributed by atoms with Crippen molar-refractivity contribution in [3.63, 3.8) is 0 Å². The van der Waals surface area contributed by atoms with Gasteiger partial charge in [-0.2, -0.15) is 0 Å². The average molecular weight is 209 g/mol. The van der Waals surface area contributed by atoms with Crippen LogP contribution in [0.2, 0.25) is 0 Å². The number of hydrogen-bond donors (Lipinski definition) is 0. The van der Waals surface area contributed by atoms with E-state index in [4.69, 9.17) is 4.74 Å². The van der Waals surface area contributed by atoms with Gasteiger partial charge in [0.05, 0.1) is 13.2 Å². The molecule has 1 aromatic carbocycles. The van der Waals surface area contributed by atoms with Gasteiger partial charge in [-0.3, -0.25) is 4.90 Å². The molecule has 0 aromatic heterocycles. The number of rotatable bonds is 3. The molecule has 1 saturated heterocycles. The zero-order chi connectivity index (χ0) is 10.5. The van der Waals surface area contributed by atoms with Crippen molar-refractivity contribution in [3.05, 3.63) is 35.6 Å². The number of benzene rings is 1. The SMILES string of the molecule is Fc1cccc(CCN2CCOCC2)c1. The molecule has 0 N–H and O–H groups in total. The highest BCUT2D eigenvalue weighted by Crippen LogP contribution is 2.06. The molecular formula is C12H16FNO. The quantitative estimate of drug-likeness (QED) is 0.751. The zero-order valence-electron chi connectivity index (χ0n) is 8.79. The molecule has 0 spiro atoms. The molecule has 0 bridgehead atoms. The topological polar surface area (TPSA) is 12.5 Å². The molecule has 0 saturated carbocycles. The summed E-state index contributed by atoms with van der Waals surface area (Å²) in [6.45, 7) is 4.63. The van der Waals surface area contributed by atoms with Crippen LogP contribution in [0.3, 0.4) is 0 Å². The lowest BCUT2D eigenvalue weighted by atomic mass is 10.1. The normalized spacial score (nSPS) is 17.9. The summed E-state index contributed by atoms with van der Waals surface area (Å²) in [7, 11) is 0. The van der Waals surface area contributed by atoms with Gasteiger partial charge in [0.1, 0.15) is 5.82 Å². The first kappa shape index (κ1) is 10.6. The maximum Gasteiger partial charge on any atom is 0.123 e. The Morgan fingerprint density at radius 2 is 2.07 bits per heavy atom. The van der Waals surface area contributed by atoms with Crippen LogP contribution in [0.25, 0.3) is 0 Å². The van der Waals surface area contributed by atoms with Crippen molar-refractivity contribution in [2.24, 2.45) is 0 Å². The van der Waals surface area contributed by atoms with E-state index < -0.39 is 0 Å². The summed E-state index contributed by atoms with van der Waals surface area (Å²) < 4.78 is 18.2. The predicted octanol–water partition coefficient (Wildman–Crippen LogP) is 1.70. The fourth-order valence-corrected chi connectivity index (χ4v) is 1.80. The molecule has 0 atom stereocenters. The molecule has 3 heteroatoms. The van der Waals surface area contributed by atoms with Crippen LogP contribution in [0.5, 0.6) is 0 Å². The lowest BCUT2D eigenvalue weighted by molar-refractivity contribution is 0.0384. The molecule has 15 heavy (non-hydrogen) atoms. The lowest BCUT2D eigenvalue weighted by Crippen LogP contribution is -2.37. The lowest BCUT2D eigenvalue weighted by Gasteiger charge is -2.26. The standard InChI is InChI=1S/C12H16FNO/c13-12-3-1-2-11(10-12)4-5-14-6-8-15-9-7-14/h1-3,10H,4-9H2. The highest BCUT2D eigenvalue weighted by Gasteiger charge is 2.09. The Morgan fingerprint density at radius 3 is 2.80 bits per heavy atom. The number of ether oxygens (including phenoxy) is 1. The second-order valence-electron chi connectivity index (χ2n) is 3.83. The molecule has 0 unspecified atom stereocenters. The van der Waals surface area contributed by atoms with Gasteiger partial charge in [-0.05, 0) is 24.1 Å². The Labute approximate surface area is 89.7 Å². The van der Waals surface area contributed by atoms with Crippen molar-refractivity contribution in [2.75, 3.05) is 32.8 Å². The van der Waals surface area contributed by atoms with Crippen LogP contribution in [0.15, 0.2) is 24.3 Å². The maximum absolute atomic E-state index is 12.9. The summed E-state index contributed by atoms with van der Waals surface area (Å²) in [6, 6.07) is 6.84. The van der Waals surface area contributed by atoms with E-state index in [0.717, 1.165) is 44.8 Å². The molecule has 0 radical (unpaired) electrons. The third-order valence-corrected chi connectivity index (χ3v) is 2.71. The second kappa shape index (κ2) is 5.24. The van der Waals surface area contributed by atoms with Crippen LogP contribution in [0.1, 0.15) is 5.56 Å². The van der Waals surface area contributed by atoms with Gasteiger partial charge in [-0.1, -0.05) is 12.1 Å². The summed E-state index contributed by atoms with van der Waals surface area (Å²) in [5.41, 5.74) is 1.07. The molecule has 1 aliphatic rings. The maximum atomic E-state index is 12.9. The minimum atomic E-state index is -0.144. The molecule has 2 rings (SSSR count). The van der Waals surface area contributed by atoms with E-state index >= 15 is 0 Å². The van der Waals surface area contributed by atoms with E-state index in [2.05, 4.69) is 4.90 Å². The molecule has 2 nitrogen and oxygen atoms in total. The van der Waals surface area contributed by atoms with E-state index in [1.165, 1.54) is 6.07 Å². The first-order chi connectivity index (χ1) is 7.34. The molecule has 0 aliphatic carbocycles. The summed E-state index contributed by atoms with van der Waals surface area (Å²) in [5, 5.41) is 0. The Hall–Kier alpha value is -0.930. The van der Waals surface area contributed by atoms with Crippen LogP contribution in [0.4, 0.5) is 4.39 Å². The third kappa shape index (κ3) is 3.29. The monoisotopic (exact) mass is 209 g/mol. The van der Waals surface area contributed by atoms with Crippen LogP contribution in [-0.2, 0) is 11.2 Å². The van der Waals surface area contributed by atoms with Gasteiger partial charge in [-0.15, -0.1) is 0 Å². The number of hydrogen-bond acceptors (Lipinski definition) is 2. The van der Waals surface area contributed by atoms with Crippen LogP contribution in [0, 0.1) is 5.82 Å². The van der Waals surface area contributed by atoms with Gasteiger partial charge >= 0.3 is 0 Å². The molecular weight excluding hydrogens is 193 g/mol. The van der Waals surface area contributed by atoms with Crippen molar-refractivity contribution in [2.45, 2.75) is 6.42 Å². The molecule has 1 aliphatic heterocycles. The highest BCUT2D eigenvalue weighted by molar-refractivity contribution is 5.16. The van der Waals surface area contributed by atoms with Gasteiger partial charge in [0.25, 0.3) is 0 Å². The smallest absolute Gasteiger partial charge is 0.123 e. The van der Waals surface area contributed by atoms with Crippen LogP contribution in [-0.4, -0.2) is 37.7 Å². The minimum absolute atomic E-state index is 0.144. The van der Waals surface area contributed by atoms with Crippen molar-refractivity contribution >= 4 is 0 Å². The molecule has 1 fully saturated rings. The summed E-state index contributed by atoms with van der Waals surface area (Å²) in [5.74, 6) is -0.144. The number of morpholine rings is 1.